The summed E-state index contributed by atoms with van der Waals surface area (Å²) in [5.41, 5.74) is -1.28. The first-order valence-corrected chi connectivity index (χ1v) is 4.44. The van der Waals surface area contributed by atoms with Crippen molar-refractivity contribution in [1.82, 2.24) is 0 Å². The Bertz CT molecular complexity index is 491. The number of carboxylic acids is 1. The van der Waals surface area contributed by atoms with E-state index in [-0.39, 0.29) is 0 Å². The van der Waals surface area contributed by atoms with Crippen molar-refractivity contribution in [3.05, 3.63) is 33.6 Å². The van der Waals surface area contributed by atoms with Crippen molar-refractivity contribution in [2.45, 2.75) is 13.0 Å². The van der Waals surface area contributed by atoms with Crippen LogP contribution in [0.4, 0.5) is 18.9 Å². The van der Waals surface area contributed by atoms with Crippen molar-refractivity contribution in [3.8, 4) is 5.75 Å². The maximum absolute atomic E-state index is 13.3. The molecule has 0 bridgehead atoms. The molecule has 0 spiro atoms. The van der Waals surface area contributed by atoms with Crippen LogP contribution in [0.25, 0.3) is 0 Å². The minimum absolute atomic E-state index is 0.378. The fraction of sp³-hybridized carbons (Fsp3) is 0.222. The normalized spacial score (nSPS) is 10.4. The van der Waals surface area contributed by atoms with Crippen molar-refractivity contribution in [2.24, 2.45) is 0 Å². The van der Waals surface area contributed by atoms with Crippen LogP contribution in [0.1, 0.15) is 5.56 Å². The number of aliphatic carboxylic acids is 1. The average molecular weight is 265 g/mol. The second kappa shape index (κ2) is 5.34. The van der Waals surface area contributed by atoms with E-state index in [1.807, 2.05) is 0 Å². The lowest BCUT2D eigenvalue weighted by atomic mass is 10.1. The Morgan fingerprint density at radius 3 is 2.56 bits per heavy atom. The van der Waals surface area contributed by atoms with Gasteiger partial charge in [0, 0.05) is 11.6 Å². The third-order valence-electron chi connectivity index (χ3n) is 1.86. The lowest BCUT2D eigenvalue weighted by molar-refractivity contribution is -0.385. The molecule has 0 unspecified atom stereocenters. The molecule has 0 radical (unpaired) electrons. The van der Waals surface area contributed by atoms with Crippen LogP contribution in [0.5, 0.6) is 5.75 Å². The van der Waals surface area contributed by atoms with Crippen LogP contribution >= 0.6 is 0 Å². The summed E-state index contributed by atoms with van der Waals surface area (Å²) in [6.07, 6.45) is -0.874. The first-order chi connectivity index (χ1) is 8.31. The fourth-order valence-electron chi connectivity index (χ4n) is 1.26. The number of non-ortho nitro benzene ring substituents is 1. The van der Waals surface area contributed by atoms with Gasteiger partial charge in [0.2, 0.25) is 0 Å². The predicted octanol–water partition coefficient (Wildman–Crippen LogP) is 1.96. The van der Waals surface area contributed by atoms with Crippen molar-refractivity contribution in [1.29, 1.82) is 0 Å². The number of nitro benzene ring substituents is 1. The zero-order chi connectivity index (χ0) is 13.9. The van der Waals surface area contributed by atoms with Crippen molar-refractivity contribution in [2.75, 3.05) is 0 Å². The van der Waals surface area contributed by atoms with Crippen molar-refractivity contribution >= 4 is 11.7 Å². The highest BCUT2D eigenvalue weighted by molar-refractivity contribution is 5.72. The van der Waals surface area contributed by atoms with Gasteiger partial charge >= 0.3 is 12.6 Å². The number of nitrogens with zero attached hydrogens (tertiary/aromatic N) is 1. The van der Waals surface area contributed by atoms with E-state index in [2.05, 4.69) is 4.74 Å². The van der Waals surface area contributed by atoms with Gasteiger partial charge in [0.25, 0.3) is 5.69 Å². The van der Waals surface area contributed by atoms with Gasteiger partial charge in [-0.25, -0.2) is 4.39 Å². The van der Waals surface area contributed by atoms with Gasteiger partial charge in [-0.15, -0.1) is 0 Å². The van der Waals surface area contributed by atoms with Gasteiger partial charge in [-0.1, -0.05) is 0 Å². The molecule has 0 aliphatic heterocycles. The highest BCUT2D eigenvalue weighted by atomic mass is 19.3. The number of nitro groups is 1. The molecule has 0 fully saturated rings. The maximum Gasteiger partial charge on any atom is 0.387 e. The molecule has 1 aromatic carbocycles. The van der Waals surface area contributed by atoms with Crippen molar-refractivity contribution < 1.29 is 32.7 Å². The lowest BCUT2D eigenvalue weighted by Crippen LogP contribution is -2.10. The zero-order valence-corrected chi connectivity index (χ0v) is 8.60. The Labute approximate surface area is 97.7 Å². The van der Waals surface area contributed by atoms with Crippen LogP contribution in [0, 0.1) is 15.9 Å². The van der Waals surface area contributed by atoms with Crippen LogP contribution in [-0.2, 0) is 11.2 Å². The average Bonchev–Trinajstić information content (AvgIpc) is 2.21. The van der Waals surface area contributed by atoms with Crippen LogP contribution in [0.2, 0.25) is 0 Å². The topological polar surface area (TPSA) is 89.7 Å². The molecule has 0 saturated heterocycles. The van der Waals surface area contributed by atoms with E-state index in [1.54, 1.807) is 0 Å². The molecular weight excluding hydrogens is 259 g/mol. The fourth-order valence-corrected chi connectivity index (χ4v) is 1.26. The first kappa shape index (κ1) is 13.7. The summed E-state index contributed by atoms with van der Waals surface area (Å²) in [6.45, 7) is -3.37. The molecule has 1 rings (SSSR count). The van der Waals surface area contributed by atoms with E-state index in [0.29, 0.717) is 12.1 Å². The van der Waals surface area contributed by atoms with E-state index >= 15 is 0 Å². The molecule has 18 heavy (non-hydrogen) atoms. The number of carboxylic acid groups (broad SMARTS) is 1. The minimum atomic E-state index is -3.37. The number of benzene rings is 1. The van der Waals surface area contributed by atoms with E-state index in [4.69, 9.17) is 5.11 Å². The molecule has 1 N–H and O–H groups in total. The molecule has 0 heterocycles. The molecular formula is C9H6F3NO5. The van der Waals surface area contributed by atoms with E-state index in [9.17, 15) is 28.1 Å². The summed E-state index contributed by atoms with van der Waals surface area (Å²) in [7, 11) is 0. The third-order valence-corrected chi connectivity index (χ3v) is 1.86. The van der Waals surface area contributed by atoms with Gasteiger partial charge in [0.1, 0.15) is 0 Å². The summed E-state index contributed by atoms with van der Waals surface area (Å²) in [5.74, 6) is -3.88. The van der Waals surface area contributed by atoms with Crippen LogP contribution in [-0.4, -0.2) is 22.6 Å². The number of carbonyl (C=O) groups is 1. The highest BCUT2D eigenvalue weighted by Crippen LogP contribution is 2.30. The summed E-state index contributed by atoms with van der Waals surface area (Å²) in [4.78, 5) is 19.9. The summed E-state index contributed by atoms with van der Waals surface area (Å²) in [5, 5.41) is 18.9. The molecule has 0 saturated carbocycles. The lowest BCUT2D eigenvalue weighted by Gasteiger charge is -2.10. The molecule has 98 valence electrons. The van der Waals surface area contributed by atoms with Gasteiger partial charge in [0.15, 0.2) is 11.6 Å². The van der Waals surface area contributed by atoms with Gasteiger partial charge in [-0.3, -0.25) is 14.9 Å². The summed E-state index contributed by atoms with van der Waals surface area (Å²) >= 11 is 0. The van der Waals surface area contributed by atoms with Gasteiger partial charge < -0.3 is 9.84 Å². The zero-order valence-electron chi connectivity index (χ0n) is 8.60. The first-order valence-electron chi connectivity index (χ1n) is 4.44. The molecule has 0 aromatic heterocycles. The summed E-state index contributed by atoms with van der Waals surface area (Å²) < 4.78 is 41.2. The Kier molecular flexibility index (Phi) is 4.08. The molecule has 0 atom stereocenters. The Hall–Kier alpha value is -2.32. The Morgan fingerprint density at radius 1 is 1.50 bits per heavy atom. The molecule has 1 aromatic rings. The molecule has 6 nitrogen and oxygen atoms in total. The van der Waals surface area contributed by atoms with Gasteiger partial charge in [-0.05, 0) is 0 Å². The third kappa shape index (κ3) is 3.34. The second-order valence-electron chi connectivity index (χ2n) is 3.12. The number of rotatable bonds is 5. The molecule has 9 heteroatoms. The van der Waals surface area contributed by atoms with E-state index in [1.165, 1.54) is 0 Å². The predicted molar refractivity (Wildman–Crippen MR) is 51.0 cm³/mol. The number of alkyl halides is 2. The highest BCUT2D eigenvalue weighted by Gasteiger charge is 2.22. The van der Waals surface area contributed by atoms with Crippen LogP contribution in [0.15, 0.2) is 12.1 Å². The SMILES string of the molecule is O=C(O)Cc1cc([N+](=O)[O-])cc(F)c1OC(F)F. The molecule has 0 aliphatic carbocycles. The number of ether oxygens (including phenoxy) is 1. The maximum atomic E-state index is 13.3. The monoisotopic (exact) mass is 265 g/mol. The molecule has 0 amide bonds. The number of halogens is 3. The largest absolute Gasteiger partial charge is 0.481 e. The second-order valence-corrected chi connectivity index (χ2v) is 3.12. The quantitative estimate of drug-likeness (QED) is 0.649. The van der Waals surface area contributed by atoms with Gasteiger partial charge in [-0.2, -0.15) is 8.78 Å². The van der Waals surface area contributed by atoms with E-state index < -0.39 is 46.7 Å². The van der Waals surface area contributed by atoms with Crippen LogP contribution in [0.3, 0.4) is 0 Å². The minimum Gasteiger partial charge on any atom is -0.481 e. The van der Waals surface area contributed by atoms with E-state index in [0.717, 1.165) is 0 Å². The Morgan fingerprint density at radius 2 is 2.11 bits per heavy atom. The smallest absolute Gasteiger partial charge is 0.387 e. The number of hydrogen-bond donors (Lipinski definition) is 1. The molecule has 0 aliphatic rings. The van der Waals surface area contributed by atoms with Crippen molar-refractivity contribution in [3.63, 3.8) is 0 Å². The van der Waals surface area contributed by atoms with Gasteiger partial charge in [0.05, 0.1) is 17.4 Å². The standard InChI is InChI=1S/C9H6F3NO5/c10-6-3-5(13(16)17)1-4(2-7(14)15)8(6)18-9(11)12/h1,3,9H,2H2,(H,14,15). The Balaban J connectivity index is 3.29. The number of hydrogen-bond acceptors (Lipinski definition) is 4. The van der Waals surface area contributed by atoms with Crippen LogP contribution < -0.4 is 4.74 Å². The summed E-state index contributed by atoms with van der Waals surface area (Å²) in [6, 6.07) is 1.05.